The zero-order chi connectivity index (χ0) is 33.9. The van der Waals surface area contributed by atoms with Crippen LogP contribution in [-0.4, -0.2) is 89.6 Å². The fourth-order valence-electron chi connectivity index (χ4n) is 5.58. The number of hydrogen-bond donors (Lipinski definition) is 0. The standard InChI is InChI=1S/C30H33F6N7O4/c1-40(21-7-10-41(11-8-21)28-37-13-20(14-38-28)29(31,32)33)25(44)18-47-17-22-9-12-42(22)24-15-39-43(27(45)26(24)30(34,35)36)16-19-3-5-23(46-2)6-4-19/h3-6,13-15,21-22H,7-12,16-18H2,1-2H3. The fraction of sp³-hybridized carbons (Fsp3) is 0.500. The highest BCUT2D eigenvalue weighted by Gasteiger charge is 2.42. The first kappa shape index (κ1) is 33.9. The maximum atomic E-state index is 14.2. The molecular weight excluding hydrogens is 636 g/mol. The van der Waals surface area contributed by atoms with Crippen LogP contribution < -0.4 is 20.1 Å². The van der Waals surface area contributed by atoms with Crippen LogP contribution in [-0.2, 0) is 28.4 Å². The number of rotatable bonds is 10. The molecule has 0 spiro atoms. The van der Waals surface area contributed by atoms with Crippen LogP contribution >= 0.6 is 0 Å². The van der Waals surface area contributed by atoms with E-state index in [2.05, 4.69) is 15.1 Å². The first-order chi connectivity index (χ1) is 22.3. The lowest BCUT2D eigenvalue weighted by atomic mass is 10.0. The van der Waals surface area contributed by atoms with E-state index in [1.54, 1.807) is 36.2 Å². The summed E-state index contributed by atoms with van der Waals surface area (Å²) in [5.41, 5.74) is -3.26. The molecule has 1 aromatic carbocycles. The van der Waals surface area contributed by atoms with Gasteiger partial charge in [-0.25, -0.2) is 14.6 Å². The Morgan fingerprint density at radius 2 is 1.62 bits per heavy atom. The minimum absolute atomic E-state index is 0.0322. The summed E-state index contributed by atoms with van der Waals surface area (Å²) in [4.78, 5) is 38.2. The number of carbonyl (C=O) groups excluding carboxylic acids is 1. The number of anilines is 2. The second kappa shape index (κ2) is 13.8. The molecule has 0 radical (unpaired) electrons. The van der Waals surface area contributed by atoms with E-state index in [0.29, 0.717) is 43.7 Å². The Labute approximate surface area is 265 Å². The maximum absolute atomic E-state index is 14.2. The number of nitrogens with zero attached hydrogens (tertiary/aromatic N) is 7. The van der Waals surface area contributed by atoms with Gasteiger partial charge in [-0.05, 0) is 37.0 Å². The Balaban J connectivity index is 1.14. The predicted octanol–water partition coefficient (Wildman–Crippen LogP) is 3.85. The molecule has 0 aliphatic carbocycles. The minimum Gasteiger partial charge on any atom is -0.497 e. The molecule has 2 aromatic heterocycles. The number of aromatic nitrogens is 4. The Morgan fingerprint density at radius 3 is 2.17 bits per heavy atom. The van der Waals surface area contributed by atoms with Crippen LogP contribution in [0.15, 0.2) is 47.7 Å². The number of ether oxygens (including phenoxy) is 2. The van der Waals surface area contributed by atoms with Crippen molar-refractivity contribution < 1.29 is 40.6 Å². The van der Waals surface area contributed by atoms with Gasteiger partial charge in [0.1, 0.15) is 17.9 Å². The molecule has 0 bridgehead atoms. The van der Waals surface area contributed by atoms with E-state index in [9.17, 15) is 35.9 Å². The van der Waals surface area contributed by atoms with E-state index in [-0.39, 0.29) is 49.9 Å². The molecule has 11 nitrogen and oxygen atoms in total. The zero-order valence-electron chi connectivity index (χ0n) is 25.6. The highest BCUT2D eigenvalue weighted by Crippen LogP contribution is 2.37. The molecule has 17 heteroatoms. The van der Waals surface area contributed by atoms with Crippen molar-refractivity contribution in [2.75, 3.05) is 56.8 Å². The molecule has 1 atom stereocenters. The van der Waals surface area contributed by atoms with Gasteiger partial charge < -0.3 is 24.2 Å². The Bertz CT molecular complexity index is 1590. The van der Waals surface area contributed by atoms with Crippen LogP contribution in [0.4, 0.5) is 38.0 Å². The molecule has 2 aliphatic rings. The summed E-state index contributed by atoms with van der Waals surface area (Å²) in [5, 5.41) is 4.02. The van der Waals surface area contributed by atoms with Gasteiger partial charge in [-0.2, -0.15) is 31.4 Å². The van der Waals surface area contributed by atoms with E-state index in [1.807, 2.05) is 0 Å². The molecular formula is C30H33F6N7O4. The van der Waals surface area contributed by atoms with Crippen LogP contribution in [0.3, 0.4) is 0 Å². The summed E-state index contributed by atoms with van der Waals surface area (Å²) in [6, 6.07) is 5.91. The van der Waals surface area contributed by atoms with E-state index in [1.165, 1.54) is 16.9 Å². The largest absolute Gasteiger partial charge is 0.497 e. The average Bonchev–Trinajstić information content (AvgIpc) is 3.03. The lowest BCUT2D eigenvalue weighted by molar-refractivity contribution is -0.139. The molecule has 2 aliphatic heterocycles. The van der Waals surface area contributed by atoms with Crippen molar-refractivity contribution in [1.29, 1.82) is 0 Å². The number of likely N-dealkylation sites (N-methyl/N-ethyl adjacent to an activating group) is 1. The summed E-state index contributed by atoms with van der Waals surface area (Å²) in [6.07, 6.45) is -5.38. The van der Waals surface area contributed by atoms with Gasteiger partial charge in [-0.3, -0.25) is 9.59 Å². The molecule has 47 heavy (non-hydrogen) atoms. The number of amides is 1. The number of halogens is 6. The van der Waals surface area contributed by atoms with Gasteiger partial charge in [0, 0.05) is 45.1 Å². The Hall–Kier alpha value is -4.41. The van der Waals surface area contributed by atoms with Crippen molar-refractivity contribution in [2.24, 2.45) is 0 Å². The van der Waals surface area contributed by atoms with Crippen LogP contribution in [0.25, 0.3) is 0 Å². The number of benzene rings is 1. The molecule has 1 amide bonds. The molecule has 2 saturated heterocycles. The van der Waals surface area contributed by atoms with Crippen LogP contribution in [0.1, 0.15) is 36.0 Å². The SMILES string of the molecule is COc1ccc(Cn2ncc(N3CCC3COCC(=O)N(C)C3CCN(c4ncc(C(F)(F)F)cn4)CC3)c(C(F)(F)F)c2=O)cc1. The van der Waals surface area contributed by atoms with Crippen molar-refractivity contribution in [3.05, 3.63) is 69.9 Å². The smallest absolute Gasteiger partial charge is 0.423 e. The van der Waals surface area contributed by atoms with Crippen LogP contribution in [0.5, 0.6) is 5.75 Å². The fourth-order valence-corrected chi connectivity index (χ4v) is 5.58. The predicted molar refractivity (Wildman–Crippen MR) is 157 cm³/mol. The third-order valence-corrected chi connectivity index (χ3v) is 8.44. The number of hydrogen-bond acceptors (Lipinski definition) is 9. The number of alkyl halides is 6. The molecule has 2 fully saturated rings. The van der Waals surface area contributed by atoms with Gasteiger partial charge in [-0.15, -0.1) is 0 Å². The molecule has 3 aromatic rings. The normalized spacial score (nSPS) is 17.4. The van der Waals surface area contributed by atoms with Gasteiger partial charge in [0.15, 0.2) is 0 Å². The van der Waals surface area contributed by atoms with E-state index in [4.69, 9.17) is 9.47 Å². The molecule has 1 unspecified atom stereocenters. The van der Waals surface area contributed by atoms with Crippen molar-refractivity contribution in [1.82, 2.24) is 24.6 Å². The number of carbonyl (C=O) groups is 1. The summed E-state index contributed by atoms with van der Waals surface area (Å²) in [6.45, 7) is 0.637. The topological polar surface area (TPSA) is 106 Å². The van der Waals surface area contributed by atoms with Crippen LogP contribution in [0, 0.1) is 0 Å². The molecule has 0 saturated carbocycles. The summed E-state index contributed by atoms with van der Waals surface area (Å²) < 4.78 is 92.3. The van der Waals surface area contributed by atoms with E-state index in [0.717, 1.165) is 23.3 Å². The minimum atomic E-state index is -4.93. The average molecular weight is 670 g/mol. The van der Waals surface area contributed by atoms with E-state index >= 15 is 0 Å². The Kier molecular flexibility index (Phi) is 9.93. The summed E-state index contributed by atoms with van der Waals surface area (Å²) in [5.74, 6) is 0.423. The van der Waals surface area contributed by atoms with Crippen molar-refractivity contribution in [3.8, 4) is 5.75 Å². The molecule has 254 valence electrons. The van der Waals surface area contributed by atoms with Crippen LogP contribution in [0.2, 0.25) is 0 Å². The van der Waals surface area contributed by atoms with Gasteiger partial charge in [-0.1, -0.05) is 12.1 Å². The van der Waals surface area contributed by atoms with Gasteiger partial charge in [0.05, 0.1) is 43.8 Å². The number of methoxy groups -OCH3 is 1. The molecule has 5 rings (SSSR count). The van der Waals surface area contributed by atoms with Crippen molar-refractivity contribution in [2.45, 2.75) is 50.2 Å². The molecule has 4 heterocycles. The zero-order valence-corrected chi connectivity index (χ0v) is 25.6. The Morgan fingerprint density at radius 1 is 0.957 bits per heavy atom. The van der Waals surface area contributed by atoms with Gasteiger partial charge in [0.25, 0.3) is 5.56 Å². The van der Waals surface area contributed by atoms with Crippen molar-refractivity contribution >= 4 is 17.5 Å². The van der Waals surface area contributed by atoms with Crippen molar-refractivity contribution in [3.63, 3.8) is 0 Å². The third kappa shape index (κ3) is 7.77. The monoisotopic (exact) mass is 669 g/mol. The highest BCUT2D eigenvalue weighted by atomic mass is 19.4. The third-order valence-electron chi connectivity index (χ3n) is 8.44. The quantitative estimate of drug-likeness (QED) is 0.298. The summed E-state index contributed by atoms with van der Waals surface area (Å²) in [7, 11) is 3.11. The first-order valence-electron chi connectivity index (χ1n) is 14.8. The highest BCUT2D eigenvalue weighted by molar-refractivity contribution is 5.77. The van der Waals surface area contributed by atoms with Gasteiger partial charge in [0.2, 0.25) is 11.9 Å². The first-order valence-corrected chi connectivity index (χ1v) is 14.8. The number of piperidine rings is 1. The molecule has 0 N–H and O–H groups in total. The maximum Gasteiger partial charge on any atom is 0.423 e. The second-order valence-corrected chi connectivity index (χ2v) is 11.4. The second-order valence-electron chi connectivity index (χ2n) is 11.4. The lowest BCUT2D eigenvalue weighted by Crippen LogP contribution is -2.52. The summed E-state index contributed by atoms with van der Waals surface area (Å²) >= 11 is 0. The lowest BCUT2D eigenvalue weighted by Gasteiger charge is -2.43. The van der Waals surface area contributed by atoms with Gasteiger partial charge >= 0.3 is 12.4 Å². The van der Waals surface area contributed by atoms with E-state index < -0.39 is 35.1 Å².